The Hall–Kier alpha value is -3.49. The maximum absolute atomic E-state index is 12.7. The van der Waals surface area contributed by atoms with E-state index in [1.165, 1.54) is 22.8 Å². The zero-order valence-corrected chi connectivity index (χ0v) is 16.3. The molecule has 0 saturated heterocycles. The predicted molar refractivity (Wildman–Crippen MR) is 106 cm³/mol. The molecular formula is C22H19F3N2O4. The lowest BCUT2D eigenvalue weighted by Crippen LogP contribution is -2.36. The molecule has 0 radical (unpaired) electrons. The van der Waals surface area contributed by atoms with Gasteiger partial charge in [0.05, 0.1) is 11.9 Å². The number of aliphatic carboxylic acids is 1. The van der Waals surface area contributed by atoms with Crippen LogP contribution in [0.4, 0.5) is 13.2 Å². The average Bonchev–Trinajstić information content (AvgIpc) is 3.02. The van der Waals surface area contributed by atoms with Crippen LogP contribution in [-0.2, 0) is 10.2 Å². The molecule has 3 aromatic rings. The van der Waals surface area contributed by atoms with Crippen LogP contribution in [0.15, 0.2) is 48.5 Å². The standard InChI is InChI=1S/C22H19F3N2O4/c23-22(24,25)31-16-6-5-13-9-18(20(26)30)27(17(13)11-16)15-4-1-3-14(10-15)21(7-2-8-21)12-19(28)29/h1,3-6,9-11H,2,7-8,12H2,(H2,26,30)(H,28,29). The Morgan fingerprint density at radius 2 is 1.87 bits per heavy atom. The Kier molecular flexibility index (Phi) is 4.91. The van der Waals surface area contributed by atoms with Gasteiger partial charge >= 0.3 is 12.3 Å². The van der Waals surface area contributed by atoms with Crippen LogP contribution in [0.25, 0.3) is 16.6 Å². The third-order valence-corrected chi connectivity index (χ3v) is 5.78. The molecule has 6 nitrogen and oxygen atoms in total. The van der Waals surface area contributed by atoms with Crippen LogP contribution in [0.3, 0.4) is 0 Å². The highest BCUT2D eigenvalue weighted by Gasteiger charge is 2.40. The number of hydrogen-bond donors (Lipinski definition) is 2. The van der Waals surface area contributed by atoms with E-state index in [4.69, 9.17) is 5.73 Å². The topological polar surface area (TPSA) is 94.6 Å². The van der Waals surface area contributed by atoms with E-state index in [-0.39, 0.29) is 12.1 Å². The number of halogens is 3. The summed E-state index contributed by atoms with van der Waals surface area (Å²) >= 11 is 0. The number of aromatic nitrogens is 1. The number of carbonyl (C=O) groups is 2. The quantitative estimate of drug-likeness (QED) is 0.599. The summed E-state index contributed by atoms with van der Waals surface area (Å²) in [5, 5.41) is 9.85. The molecule has 1 heterocycles. The lowest BCUT2D eigenvalue weighted by Gasteiger charge is -2.41. The van der Waals surface area contributed by atoms with Gasteiger partial charge in [-0.2, -0.15) is 0 Å². The molecule has 0 aliphatic heterocycles. The third-order valence-electron chi connectivity index (χ3n) is 5.78. The van der Waals surface area contributed by atoms with E-state index in [1.807, 2.05) is 6.07 Å². The number of nitrogens with zero attached hydrogens (tertiary/aromatic N) is 1. The third kappa shape index (κ3) is 3.95. The monoisotopic (exact) mass is 432 g/mol. The fraction of sp³-hybridized carbons (Fsp3) is 0.273. The van der Waals surface area contributed by atoms with Gasteiger partial charge in [-0.05, 0) is 48.7 Å². The van der Waals surface area contributed by atoms with Crippen LogP contribution in [0, 0.1) is 0 Å². The van der Waals surface area contributed by atoms with Crippen molar-refractivity contribution in [3.05, 3.63) is 59.8 Å². The van der Waals surface area contributed by atoms with Gasteiger partial charge in [-0.1, -0.05) is 18.6 Å². The zero-order valence-electron chi connectivity index (χ0n) is 16.3. The number of carbonyl (C=O) groups excluding carboxylic acids is 1. The van der Waals surface area contributed by atoms with Crippen molar-refractivity contribution in [1.82, 2.24) is 4.57 Å². The smallest absolute Gasteiger partial charge is 0.481 e. The summed E-state index contributed by atoms with van der Waals surface area (Å²) in [7, 11) is 0. The maximum Gasteiger partial charge on any atom is 0.573 e. The number of carboxylic acid groups (broad SMARTS) is 1. The van der Waals surface area contributed by atoms with Gasteiger partial charge in [-0.15, -0.1) is 13.2 Å². The van der Waals surface area contributed by atoms with Crippen LogP contribution in [-0.4, -0.2) is 27.9 Å². The zero-order chi connectivity index (χ0) is 22.4. The summed E-state index contributed by atoms with van der Waals surface area (Å²) in [6.07, 6.45) is -2.52. The lowest BCUT2D eigenvalue weighted by molar-refractivity contribution is -0.274. The Labute approximate surface area is 175 Å². The van der Waals surface area contributed by atoms with Crippen molar-refractivity contribution in [3.63, 3.8) is 0 Å². The van der Waals surface area contributed by atoms with Gasteiger partial charge in [-0.3, -0.25) is 9.59 Å². The van der Waals surface area contributed by atoms with Crippen molar-refractivity contribution in [2.24, 2.45) is 5.73 Å². The molecule has 1 aromatic heterocycles. The Morgan fingerprint density at radius 1 is 1.13 bits per heavy atom. The van der Waals surface area contributed by atoms with E-state index in [0.717, 1.165) is 30.9 Å². The number of carboxylic acids is 1. The van der Waals surface area contributed by atoms with Gasteiger partial charge < -0.3 is 20.1 Å². The van der Waals surface area contributed by atoms with Crippen molar-refractivity contribution in [2.45, 2.75) is 37.5 Å². The molecule has 31 heavy (non-hydrogen) atoms. The fourth-order valence-corrected chi connectivity index (χ4v) is 4.27. The second kappa shape index (κ2) is 7.33. The van der Waals surface area contributed by atoms with Crippen molar-refractivity contribution in [2.75, 3.05) is 0 Å². The van der Waals surface area contributed by atoms with Crippen molar-refractivity contribution in [1.29, 1.82) is 0 Å². The van der Waals surface area contributed by atoms with E-state index in [2.05, 4.69) is 4.74 Å². The largest absolute Gasteiger partial charge is 0.573 e. The number of fused-ring (bicyclic) bond motifs is 1. The second-order valence-electron chi connectivity index (χ2n) is 7.75. The van der Waals surface area contributed by atoms with Gasteiger partial charge in [-0.25, -0.2) is 0 Å². The average molecular weight is 432 g/mol. The Morgan fingerprint density at radius 3 is 2.45 bits per heavy atom. The molecule has 9 heteroatoms. The normalized spacial score (nSPS) is 15.5. The highest BCUT2D eigenvalue weighted by Crippen LogP contribution is 2.47. The molecule has 0 spiro atoms. The van der Waals surface area contributed by atoms with Gasteiger partial charge in [0, 0.05) is 22.6 Å². The predicted octanol–water partition coefficient (Wildman–Crippen LogP) is 4.52. The molecule has 3 N–H and O–H groups in total. The summed E-state index contributed by atoms with van der Waals surface area (Å²) in [6.45, 7) is 0. The lowest BCUT2D eigenvalue weighted by atomic mass is 9.62. The van der Waals surface area contributed by atoms with E-state index >= 15 is 0 Å². The number of hydrogen-bond acceptors (Lipinski definition) is 3. The summed E-state index contributed by atoms with van der Waals surface area (Å²) in [4.78, 5) is 23.5. The molecule has 4 rings (SSSR count). The summed E-state index contributed by atoms with van der Waals surface area (Å²) in [5.74, 6) is -2.07. The van der Waals surface area contributed by atoms with Crippen molar-refractivity contribution >= 4 is 22.8 Å². The number of ether oxygens (including phenoxy) is 1. The minimum atomic E-state index is -4.86. The maximum atomic E-state index is 12.7. The molecule has 2 aromatic carbocycles. The van der Waals surface area contributed by atoms with Crippen LogP contribution in [0.1, 0.15) is 41.7 Å². The molecule has 0 unspecified atom stereocenters. The molecule has 1 amide bonds. The number of rotatable bonds is 6. The fourth-order valence-electron chi connectivity index (χ4n) is 4.27. The van der Waals surface area contributed by atoms with Gasteiger partial charge in [0.2, 0.25) is 0 Å². The molecular weight excluding hydrogens is 413 g/mol. The van der Waals surface area contributed by atoms with Crippen LogP contribution < -0.4 is 10.5 Å². The van der Waals surface area contributed by atoms with Gasteiger partial charge in [0.1, 0.15) is 11.4 Å². The molecule has 1 aliphatic carbocycles. The summed E-state index contributed by atoms with van der Waals surface area (Å²) in [6, 6.07) is 12.3. The molecule has 1 fully saturated rings. The number of alkyl halides is 3. The van der Waals surface area contributed by atoms with Crippen LogP contribution >= 0.6 is 0 Å². The van der Waals surface area contributed by atoms with E-state index in [0.29, 0.717) is 16.6 Å². The molecule has 0 atom stereocenters. The summed E-state index contributed by atoms with van der Waals surface area (Å²) in [5.41, 5.74) is 6.75. The van der Waals surface area contributed by atoms with E-state index in [1.54, 1.807) is 18.2 Å². The van der Waals surface area contributed by atoms with Gasteiger partial charge in [0.15, 0.2) is 0 Å². The summed E-state index contributed by atoms with van der Waals surface area (Å²) < 4.78 is 43.5. The first-order valence-electron chi connectivity index (χ1n) is 9.62. The minimum Gasteiger partial charge on any atom is -0.481 e. The number of amides is 1. The second-order valence-corrected chi connectivity index (χ2v) is 7.75. The highest BCUT2D eigenvalue weighted by molar-refractivity contribution is 5.99. The SMILES string of the molecule is NC(=O)c1cc2ccc(OC(F)(F)F)cc2n1-c1cccc(C2(CC(=O)O)CCC2)c1. The molecule has 1 aliphatic rings. The molecule has 162 valence electrons. The van der Waals surface area contributed by atoms with Crippen molar-refractivity contribution in [3.8, 4) is 11.4 Å². The van der Waals surface area contributed by atoms with Crippen LogP contribution in [0.5, 0.6) is 5.75 Å². The first-order chi connectivity index (χ1) is 14.6. The molecule has 0 bridgehead atoms. The van der Waals surface area contributed by atoms with E-state index < -0.39 is 29.4 Å². The van der Waals surface area contributed by atoms with Crippen LogP contribution in [0.2, 0.25) is 0 Å². The van der Waals surface area contributed by atoms with Crippen molar-refractivity contribution < 1.29 is 32.6 Å². The first kappa shape index (κ1) is 20.8. The van der Waals surface area contributed by atoms with Gasteiger partial charge in [0.25, 0.3) is 5.91 Å². The number of nitrogens with two attached hydrogens (primary N) is 1. The molecule has 1 saturated carbocycles. The highest BCUT2D eigenvalue weighted by atomic mass is 19.4. The number of benzene rings is 2. The minimum absolute atomic E-state index is 0.0187. The Bertz CT molecular complexity index is 1180. The number of primary amides is 1. The Balaban J connectivity index is 1.87. The first-order valence-corrected chi connectivity index (χ1v) is 9.62. The van der Waals surface area contributed by atoms with E-state index in [9.17, 15) is 27.9 Å².